The molecule has 1 saturated heterocycles. The predicted octanol–water partition coefficient (Wildman–Crippen LogP) is 1.49. The molecule has 10 heavy (non-hydrogen) atoms. The molecule has 1 aliphatic heterocycles. The maximum atomic E-state index is 10.5. The lowest BCUT2D eigenvalue weighted by Gasteiger charge is -2.03. The second-order valence-corrected chi connectivity index (χ2v) is 2.18. The minimum absolute atomic E-state index is 0.149. The van der Waals surface area contributed by atoms with E-state index in [1.54, 1.807) is 13.0 Å². The number of hydrogen-bond acceptors (Lipinski definition) is 3. The molecule has 0 amide bonds. The van der Waals surface area contributed by atoms with Crippen LogP contribution in [0.1, 0.15) is 13.8 Å². The van der Waals surface area contributed by atoms with Gasteiger partial charge in [-0.2, -0.15) is 0 Å². The van der Waals surface area contributed by atoms with Crippen molar-refractivity contribution in [3.63, 3.8) is 0 Å². The summed E-state index contributed by atoms with van der Waals surface area (Å²) in [5.41, 5.74) is 0. The summed E-state index contributed by atoms with van der Waals surface area (Å²) in [5, 5.41) is 0. The number of carbonyl (C=O) groups is 1. The molecule has 2 atom stereocenters. The number of ether oxygens (including phenoxy) is 2. The van der Waals surface area contributed by atoms with Gasteiger partial charge >= 0.3 is 6.16 Å². The van der Waals surface area contributed by atoms with Crippen LogP contribution >= 0.6 is 0 Å². The first-order valence-electron chi connectivity index (χ1n) is 3.24. The summed E-state index contributed by atoms with van der Waals surface area (Å²) >= 11 is 0. The molecule has 0 aliphatic carbocycles. The van der Waals surface area contributed by atoms with Crippen molar-refractivity contribution in [1.29, 1.82) is 0 Å². The van der Waals surface area contributed by atoms with Crippen molar-refractivity contribution in [2.45, 2.75) is 26.1 Å². The Morgan fingerprint density at radius 2 is 2.20 bits per heavy atom. The van der Waals surface area contributed by atoms with Gasteiger partial charge in [0, 0.05) is 0 Å². The summed E-state index contributed by atoms with van der Waals surface area (Å²) in [6.45, 7) is 3.68. The van der Waals surface area contributed by atoms with Crippen LogP contribution in [0.4, 0.5) is 4.79 Å². The van der Waals surface area contributed by atoms with E-state index in [0.29, 0.717) is 0 Å². The highest BCUT2D eigenvalue weighted by Gasteiger charge is 2.30. The van der Waals surface area contributed by atoms with Gasteiger partial charge in [0.05, 0.1) is 0 Å². The Labute approximate surface area is 59.6 Å². The summed E-state index contributed by atoms with van der Waals surface area (Å²) in [6, 6.07) is 0. The number of carbonyl (C=O) groups excluding carboxylic acids is 1. The molecule has 1 heterocycles. The van der Waals surface area contributed by atoms with Crippen LogP contribution in [0.25, 0.3) is 0 Å². The van der Waals surface area contributed by atoms with Crippen LogP contribution < -0.4 is 0 Å². The molecule has 0 N–H and O–H groups in total. The highest BCUT2D eigenvalue weighted by atomic mass is 16.8. The third-order valence-electron chi connectivity index (χ3n) is 1.36. The third-order valence-corrected chi connectivity index (χ3v) is 1.36. The van der Waals surface area contributed by atoms with Gasteiger partial charge in [-0.25, -0.2) is 4.79 Å². The molecule has 56 valence electrons. The van der Waals surface area contributed by atoms with E-state index < -0.39 is 6.16 Å². The number of allylic oxidation sites excluding steroid dienone is 1. The van der Waals surface area contributed by atoms with Gasteiger partial charge in [-0.15, -0.1) is 0 Å². The van der Waals surface area contributed by atoms with Gasteiger partial charge in [-0.3, -0.25) is 0 Å². The van der Waals surface area contributed by atoms with Crippen LogP contribution in [0, 0.1) is 0 Å². The van der Waals surface area contributed by atoms with E-state index in [1.165, 1.54) is 0 Å². The average molecular weight is 142 g/mol. The summed E-state index contributed by atoms with van der Waals surface area (Å²) in [5.74, 6) is 0. The predicted molar refractivity (Wildman–Crippen MR) is 35.6 cm³/mol. The van der Waals surface area contributed by atoms with E-state index in [0.717, 1.165) is 0 Å². The fourth-order valence-corrected chi connectivity index (χ4v) is 0.839. The molecule has 0 aromatic heterocycles. The van der Waals surface area contributed by atoms with Crippen molar-refractivity contribution in [2.24, 2.45) is 0 Å². The second kappa shape index (κ2) is 2.73. The van der Waals surface area contributed by atoms with Crippen molar-refractivity contribution >= 4 is 6.16 Å². The lowest BCUT2D eigenvalue weighted by molar-refractivity contribution is 0.120. The van der Waals surface area contributed by atoms with Gasteiger partial charge in [0.1, 0.15) is 6.10 Å². The van der Waals surface area contributed by atoms with Crippen molar-refractivity contribution in [2.75, 3.05) is 0 Å². The maximum Gasteiger partial charge on any atom is 0.509 e. The van der Waals surface area contributed by atoms with Gasteiger partial charge in [0.15, 0.2) is 6.10 Å². The Kier molecular flexibility index (Phi) is 1.94. The summed E-state index contributed by atoms with van der Waals surface area (Å²) in [4.78, 5) is 10.5. The molecule has 0 spiro atoms. The quantitative estimate of drug-likeness (QED) is 0.411. The van der Waals surface area contributed by atoms with E-state index >= 15 is 0 Å². The van der Waals surface area contributed by atoms with Crippen molar-refractivity contribution in [3.05, 3.63) is 12.2 Å². The first-order valence-corrected chi connectivity index (χ1v) is 3.24. The smallest absolute Gasteiger partial charge is 0.427 e. The van der Waals surface area contributed by atoms with Crippen molar-refractivity contribution in [3.8, 4) is 0 Å². The van der Waals surface area contributed by atoms with Gasteiger partial charge in [-0.1, -0.05) is 6.08 Å². The summed E-state index contributed by atoms with van der Waals surface area (Å²) in [6.07, 6.45) is 2.72. The monoisotopic (exact) mass is 142 g/mol. The van der Waals surface area contributed by atoms with E-state index in [1.807, 2.05) is 13.0 Å². The number of cyclic esters (lactones) is 2. The lowest BCUT2D eigenvalue weighted by atomic mass is 10.2. The molecule has 0 radical (unpaired) electrons. The second-order valence-electron chi connectivity index (χ2n) is 2.18. The first-order chi connectivity index (χ1) is 4.74. The summed E-state index contributed by atoms with van der Waals surface area (Å²) in [7, 11) is 0. The Hall–Kier alpha value is -0.990. The fourth-order valence-electron chi connectivity index (χ4n) is 0.839. The molecule has 0 bridgehead atoms. The number of rotatable bonds is 1. The van der Waals surface area contributed by atoms with Crippen LogP contribution in [-0.2, 0) is 9.47 Å². The highest BCUT2D eigenvalue weighted by Crippen LogP contribution is 2.15. The topological polar surface area (TPSA) is 35.5 Å². The molecule has 3 nitrogen and oxygen atoms in total. The SMILES string of the molecule is CC=CC1OC(=O)OC1C. The van der Waals surface area contributed by atoms with Crippen LogP contribution in [0.15, 0.2) is 12.2 Å². The first kappa shape index (κ1) is 7.12. The van der Waals surface area contributed by atoms with Crippen LogP contribution in [-0.4, -0.2) is 18.4 Å². The molecule has 0 aromatic rings. The standard InChI is InChI=1S/C7H10O3/c1-3-4-6-5(2)9-7(8)10-6/h3-6H,1-2H3. The highest BCUT2D eigenvalue weighted by molar-refractivity contribution is 5.62. The van der Waals surface area contributed by atoms with Gasteiger partial charge in [0.2, 0.25) is 0 Å². The van der Waals surface area contributed by atoms with Crippen molar-refractivity contribution < 1.29 is 14.3 Å². The van der Waals surface area contributed by atoms with Gasteiger partial charge < -0.3 is 9.47 Å². The molecule has 0 saturated carbocycles. The molecule has 1 aliphatic rings. The van der Waals surface area contributed by atoms with Crippen LogP contribution in [0.5, 0.6) is 0 Å². The lowest BCUT2D eigenvalue weighted by Crippen LogP contribution is -2.15. The average Bonchev–Trinajstić information content (AvgIpc) is 2.13. The van der Waals surface area contributed by atoms with Crippen LogP contribution in [0.3, 0.4) is 0 Å². The third kappa shape index (κ3) is 1.29. The molecule has 3 heteroatoms. The Bertz CT molecular complexity index is 162. The molecule has 0 aromatic carbocycles. The zero-order chi connectivity index (χ0) is 7.56. The van der Waals surface area contributed by atoms with Gasteiger partial charge in [0.25, 0.3) is 0 Å². The minimum Gasteiger partial charge on any atom is -0.427 e. The van der Waals surface area contributed by atoms with E-state index in [4.69, 9.17) is 9.47 Å². The fraction of sp³-hybridized carbons (Fsp3) is 0.571. The molecule has 2 unspecified atom stereocenters. The minimum atomic E-state index is -0.574. The van der Waals surface area contributed by atoms with Gasteiger partial charge in [-0.05, 0) is 19.9 Å². The zero-order valence-electron chi connectivity index (χ0n) is 6.03. The normalized spacial score (nSPS) is 32.4. The van der Waals surface area contributed by atoms with E-state index in [2.05, 4.69) is 0 Å². The molecular formula is C7H10O3. The summed E-state index contributed by atoms with van der Waals surface area (Å²) < 4.78 is 9.48. The van der Waals surface area contributed by atoms with Crippen LogP contribution in [0.2, 0.25) is 0 Å². The maximum absolute atomic E-state index is 10.5. The number of hydrogen-bond donors (Lipinski definition) is 0. The zero-order valence-corrected chi connectivity index (χ0v) is 6.03. The Morgan fingerprint density at radius 3 is 2.60 bits per heavy atom. The van der Waals surface area contributed by atoms with Crippen molar-refractivity contribution in [1.82, 2.24) is 0 Å². The molecule has 1 rings (SSSR count). The Balaban J connectivity index is 2.54. The molecular weight excluding hydrogens is 132 g/mol. The molecule has 1 fully saturated rings. The largest absolute Gasteiger partial charge is 0.509 e. The van der Waals surface area contributed by atoms with E-state index in [9.17, 15) is 4.79 Å². The Morgan fingerprint density at radius 1 is 1.50 bits per heavy atom. The van der Waals surface area contributed by atoms with E-state index in [-0.39, 0.29) is 12.2 Å².